The number of hydrogen-bond donors (Lipinski definition) is 1. The fourth-order valence-corrected chi connectivity index (χ4v) is 1.63. The average molecular weight is 247 g/mol. The number of imidazole rings is 1. The Morgan fingerprint density at radius 3 is 3.00 bits per heavy atom. The number of carbonyl (C=O) groups is 1. The summed E-state index contributed by atoms with van der Waals surface area (Å²) in [6.07, 6.45) is 4.26. The van der Waals surface area contributed by atoms with Gasteiger partial charge in [0.15, 0.2) is 0 Å². The van der Waals surface area contributed by atoms with E-state index in [-0.39, 0.29) is 5.91 Å². The molecule has 0 aliphatic heterocycles. The van der Waals surface area contributed by atoms with E-state index in [1.54, 1.807) is 12.4 Å². The highest BCUT2D eigenvalue weighted by Crippen LogP contribution is 2.03. The Labute approximate surface area is 104 Å². The Balaban J connectivity index is 1.85. The Morgan fingerprint density at radius 2 is 2.33 bits per heavy atom. The Kier molecular flexibility index (Phi) is 3.72. The van der Waals surface area contributed by atoms with Crippen molar-refractivity contribution >= 4 is 5.91 Å². The number of nitrogens with one attached hydrogen (secondary N) is 1. The molecule has 1 aromatic carbocycles. The fraction of sp³-hybridized carbons (Fsp3) is 0.231. The summed E-state index contributed by atoms with van der Waals surface area (Å²) in [6, 6.07) is 5.63. The Bertz CT molecular complexity index is 551. The van der Waals surface area contributed by atoms with E-state index >= 15 is 0 Å². The van der Waals surface area contributed by atoms with Gasteiger partial charge in [0.05, 0.1) is 12.0 Å². The molecular formula is C13H14FN3O. The van der Waals surface area contributed by atoms with Gasteiger partial charge >= 0.3 is 0 Å². The molecule has 0 bridgehead atoms. The molecule has 0 spiro atoms. The van der Waals surface area contributed by atoms with E-state index in [9.17, 15) is 9.18 Å². The highest BCUT2D eigenvalue weighted by atomic mass is 19.1. The third-order valence-corrected chi connectivity index (χ3v) is 2.51. The highest BCUT2D eigenvalue weighted by molar-refractivity contribution is 5.94. The minimum atomic E-state index is -0.410. The van der Waals surface area contributed by atoms with Crippen molar-refractivity contribution in [2.24, 2.45) is 7.05 Å². The summed E-state index contributed by atoms with van der Waals surface area (Å²) in [5.41, 5.74) is 1.24. The fourth-order valence-electron chi connectivity index (χ4n) is 1.63. The molecule has 1 heterocycles. The van der Waals surface area contributed by atoms with E-state index in [0.29, 0.717) is 18.5 Å². The zero-order valence-electron chi connectivity index (χ0n) is 10.1. The SMILES string of the molecule is Cn1cnc(CCNC(=O)c2cccc(F)c2)c1. The number of hydrogen-bond acceptors (Lipinski definition) is 2. The lowest BCUT2D eigenvalue weighted by Gasteiger charge is -2.03. The Morgan fingerprint density at radius 1 is 1.50 bits per heavy atom. The number of carbonyl (C=O) groups excluding carboxylic acids is 1. The van der Waals surface area contributed by atoms with Crippen LogP contribution in [0.3, 0.4) is 0 Å². The lowest BCUT2D eigenvalue weighted by Crippen LogP contribution is -2.25. The molecule has 5 heteroatoms. The van der Waals surface area contributed by atoms with Crippen molar-refractivity contribution in [2.75, 3.05) is 6.54 Å². The van der Waals surface area contributed by atoms with Crippen LogP contribution in [0.1, 0.15) is 16.1 Å². The number of nitrogens with zero attached hydrogens (tertiary/aromatic N) is 2. The van der Waals surface area contributed by atoms with Gasteiger partial charge < -0.3 is 9.88 Å². The molecule has 0 saturated heterocycles. The first kappa shape index (κ1) is 12.3. The second kappa shape index (κ2) is 5.44. The van der Waals surface area contributed by atoms with Crippen molar-refractivity contribution < 1.29 is 9.18 Å². The molecule has 1 N–H and O–H groups in total. The third kappa shape index (κ3) is 3.16. The summed E-state index contributed by atoms with van der Waals surface area (Å²) in [5.74, 6) is -0.683. The summed E-state index contributed by atoms with van der Waals surface area (Å²) in [7, 11) is 1.89. The molecule has 2 rings (SSSR count). The normalized spacial score (nSPS) is 10.3. The molecule has 0 unspecified atom stereocenters. The van der Waals surface area contributed by atoms with E-state index in [1.165, 1.54) is 18.2 Å². The van der Waals surface area contributed by atoms with Crippen LogP contribution in [-0.4, -0.2) is 22.0 Å². The van der Waals surface area contributed by atoms with Crippen LogP contribution < -0.4 is 5.32 Å². The average Bonchev–Trinajstić information content (AvgIpc) is 2.75. The molecule has 4 nitrogen and oxygen atoms in total. The molecule has 0 aliphatic rings. The number of amides is 1. The maximum absolute atomic E-state index is 12.9. The van der Waals surface area contributed by atoms with E-state index in [0.717, 1.165) is 5.69 Å². The lowest BCUT2D eigenvalue weighted by molar-refractivity contribution is 0.0953. The first-order chi connectivity index (χ1) is 8.65. The first-order valence-corrected chi connectivity index (χ1v) is 5.66. The topological polar surface area (TPSA) is 46.9 Å². The molecule has 2 aromatic rings. The molecule has 1 aromatic heterocycles. The largest absolute Gasteiger partial charge is 0.352 e. The maximum atomic E-state index is 12.9. The maximum Gasteiger partial charge on any atom is 0.251 e. The van der Waals surface area contributed by atoms with Gasteiger partial charge in [0.25, 0.3) is 5.91 Å². The summed E-state index contributed by atoms with van der Waals surface area (Å²) < 4.78 is 14.8. The van der Waals surface area contributed by atoms with Gasteiger partial charge in [-0.15, -0.1) is 0 Å². The van der Waals surface area contributed by atoms with Crippen LogP contribution in [0.25, 0.3) is 0 Å². The molecule has 94 valence electrons. The number of rotatable bonds is 4. The van der Waals surface area contributed by atoms with Crippen LogP contribution in [-0.2, 0) is 13.5 Å². The predicted octanol–water partition coefficient (Wildman–Crippen LogP) is 1.53. The molecule has 1 amide bonds. The number of aromatic nitrogens is 2. The van der Waals surface area contributed by atoms with Crippen LogP contribution in [0.2, 0.25) is 0 Å². The molecule has 18 heavy (non-hydrogen) atoms. The van der Waals surface area contributed by atoms with Gasteiger partial charge in [-0.3, -0.25) is 4.79 Å². The number of halogens is 1. The number of aryl methyl sites for hydroxylation is 1. The minimum absolute atomic E-state index is 0.273. The van der Waals surface area contributed by atoms with E-state index in [2.05, 4.69) is 10.3 Å². The van der Waals surface area contributed by atoms with Gasteiger partial charge in [-0.05, 0) is 18.2 Å². The molecular weight excluding hydrogens is 233 g/mol. The zero-order chi connectivity index (χ0) is 13.0. The lowest BCUT2D eigenvalue weighted by atomic mass is 10.2. The molecule has 0 saturated carbocycles. The number of benzene rings is 1. The first-order valence-electron chi connectivity index (χ1n) is 5.66. The van der Waals surface area contributed by atoms with Crippen molar-refractivity contribution in [3.63, 3.8) is 0 Å². The van der Waals surface area contributed by atoms with Gasteiger partial charge in [0, 0.05) is 31.8 Å². The van der Waals surface area contributed by atoms with Crippen LogP contribution >= 0.6 is 0 Å². The van der Waals surface area contributed by atoms with Gasteiger partial charge in [-0.25, -0.2) is 9.37 Å². The quantitative estimate of drug-likeness (QED) is 0.890. The zero-order valence-corrected chi connectivity index (χ0v) is 10.1. The van der Waals surface area contributed by atoms with Crippen LogP contribution in [0, 0.1) is 5.82 Å². The van der Waals surface area contributed by atoms with E-state index in [1.807, 2.05) is 17.8 Å². The summed E-state index contributed by atoms with van der Waals surface area (Å²) in [5, 5.41) is 2.73. The van der Waals surface area contributed by atoms with Crippen molar-refractivity contribution in [3.05, 3.63) is 53.9 Å². The predicted molar refractivity (Wildman–Crippen MR) is 65.6 cm³/mol. The molecule has 0 fully saturated rings. The van der Waals surface area contributed by atoms with Crippen molar-refractivity contribution in [3.8, 4) is 0 Å². The van der Waals surface area contributed by atoms with E-state index < -0.39 is 5.82 Å². The second-order valence-corrected chi connectivity index (χ2v) is 4.05. The van der Waals surface area contributed by atoms with E-state index in [4.69, 9.17) is 0 Å². The summed E-state index contributed by atoms with van der Waals surface area (Å²) in [4.78, 5) is 15.8. The van der Waals surface area contributed by atoms with Crippen molar-refractivity contribution in [1.82, 2.24) is 14.9 Å². The smallest absolute Gasteiger partial charge is 0.251 e. The minimum Gasteiger partial charge on any atom is -0.352 e. The molecule has 0 aliphatic carbocycles. The van der Waals surface area contributed by atoms with Gasteiger partial charge in [-0.1, -0.05) is 6.07 Å². The monoisotopic (exact) mass is 247 g/mol. The third-order valence-electron chi connectivity index (χ3n) is 2.51. The van der Waals surface area contributed by atoms with Crippen molar-refractivity contribution in [2.45, 2.75) is 6.42 Å². The molecule has 0 radical (unpaired) electrons. The second-order valence-electron chi connectivity index (χ2n) is 4.05. The van der Waals surface area contributed by atoms with Crippen molar-refractivity contribution in [1.29, 1.82) is 0 Å². The Hall–Kier alpha value is -2.17. The van der Waals surface area contributed by atoms with Gasteiger partial charge in [-0.2, -0.15) is 0 Å². The van der Waals surface area contributed by atoms with Crippen LogP contribution in [0.5, 0.6) is 0 Å². The highest BCUT2D eigenvalue weighted by Gasteiger charge is 2.05. The van der Waals surface area contributed by atoms with Gasteiger partial charge in [0.1, 0.15) is 5.82 Å². The molecule has 0 atom stereocenters. The summed E-state index contributed by atoms with van der Waals surface area (Å²) >= 11 is 0. The van der Waals surface area contributed by atoms with Gasteiger partial charge in [0.2, 0.25) is 0 Å². The standard InChI is InChI=1S/C13H14FN3O/c1-17-8-12(16-9-17)5-6-15-13(18)10-3-2-4-11(14)7-10/h2-4,7-9H,5-6H2,1H3,(H,15,18). The summed E-state index contributed by atoms with van der Waals surface area (Å²) in [6.45, 7) is 0.479. The van der Waals surface area contributed by atoms with Crippen LogP contribution in [0.4, 0.5) is 4.39 Å². The van der Waals surface area contributed by atoms with Crippen LogP contribution in [0.15, 0.2) is 36.8 Å².